The van der Waals surface area contributed by atoms with Crippen LogP contribution in [0.1, 0.15) is 26.2 Å². The molecule has 0 spiro atoms. The lowest BCUT2D eigenvalue weighted by atomic mass is 9.95. The number of halogens is 3. The molecule has 1 aliphatic rings. The molecule has 1 rings (SSSR count). The van der Waals surface area contributed by atoms with Crippen LogP contribution in [0.2, 0.25) is 0 Å². The van der Waals surface area contributed by atoms with Gasteiger partial charge in [0.05, 0.1) is 5.92 Å². The lowest BCUT2D eigenvalue weighted by Gasteiger charge is -2.36. The summed E-state index contributed by atoms with van der Waals surface area (Å²) in [5, 5.41) is 3.31. The van der Waals surface area contributed by atoms with Crippen LogP contribution >= 0.6 is 0 Å². The number of rotatable bonds is 7. The van der Waals surface area contributed by atoms with E-state index in [1.807, 2.05) is 0 Å². The Labute approximate surface area is 113 Å². The molecule has 3 nitrogen and oxygen atoms in total. The Bertz CT molecular complexity index is 241. The molecule has 1 atom stereocenters. The molecule has 1 saturated heterocycles. The number of likely N-dealkylation sites (tertiary alicyclic amines) is 1. The standard InChI is InChI=1S/C13H25F3N2O/c1-11(10-17-6-3-9-19-2)18-7-4-12(5-8-18)13(14,15)16/h11-12,17H,3-10H2,1-2H3. The number of ether oxygens (including phenoxy) is 1. The fourth-order valence-corrected chi connectivity index (χ4v) is 2.45. The number of piperidine rings is 1. The number of nitrogens with zero attached hydrogens (tertiary/aromatic N) is 1. The van der Waals surface area contributed by atoms with E-state index in [9.17, 15) is 13.2 Å². The van der Waals surface area contributed by atoms with E-state index in [1.54, 1.807) is 7.11 Å². The highest BCUT2D eigenvalue weighted by atomic mass is 19.4. The van der Waals surface area contributed by atoms with E-state index < -0.39 is 12.1 Å². The number of alkyl halides is 3. The van der Waals surface area contributed by atoms with Gasteiger partial charge in [-0.25, -0.2) is 0 Å². The van der Waals surface area contributed by atoms with Crippen molar-refractivity contribution in [3.05, 3.63) is 0 Å². The largest absolute Gasteiger partial charge is 0.391 e. The van der Waals surface area contributed by atoms with Crippen LogP contribution in [0.5, 0.6) is 0 Å². The summed E-state index contributed by atoms with van der Waals surface area (Å²) in [4.78, 5) is 2.14. The zero-order valence-electron chi connectivity index (χ0n) is 11.8. The maximum atomic E-state index is 12.5. The molecular formula is C13H25F3N2O. The van der Waals surface area contributed by atoms with Crippen LogP contribution in [0.3, 0.4) is 0 Å². The fraction of sp³-hybridized carbons (Fsp3) is 1.00. The molecule has 0 aromatic carbocycles. The summed E-state index contributed by atoms with van der Waals surface area (Å²) >= 11 is 0. The molecule has 19 heavy (non-hydrogen) atoms. The molecule has 114 valence electrons. The van der Waals surface area contributed by atoms with Gasteiger partial charge in [-0.05, 0) is 45.8 Å². The molecular weight excluding hydrogens is 257 g/mol. The van der Waals surface area contributed by atoms with Crippen LogP contribution in [0, 0.1) is 5.92 Å². The Morgan fingerprint density at radius 3 is 2.47 bits per heavy atom. The van der Waals surface area contributed by atoms with Crippen LogP contribution in [-0.2, 0) is 4.74 Å². The minimum atomic E-state index is -4.02. The third kappa shape index (κ3) is 6.10. The predicted octanol–water partition coefficient (Wildman–Crippen LogP) is 2.28. The Morgan fingerprint density at radius 1 is 1.32 bits per heavy atom. The van der Waals surface area contributed by atoms with Crippen LogP contribution < -0.4 is 5.32 Å². The summed E-state index contributed by atoms with van der Waals surface area (Å²) in [7, 11) is 1.67. The second kappa shape index (κ2) is 8.07. The highest BCUT2D eigenvalue weighted by Gasteiger charge is 2.41. The third-order valence-electron chi connectivity index (χ3n) is 3.76. The van der Waals surface area contributed by atoms with E-state index >= 15 is 0 Å². The minimum absolute atomic E-state index is 0.234. The van der Waals surface area contributed by atoms with Crippen LogP contribution in [0.15, 0.2) is 0 Å². The molecule has 1 N–H and O–H groups in total. The Kier molecular flexibility index (Phi) is 7.10. The highest BCUT2D eigenvalue weighted by Crippen LogP contribution is 2.34. The van der Waals surface area contributed by atoms with E-state index in [0.29, 0.717) is 13.1 Å². The van der Waals surface area contributed by atoms with Gasteiger partial charge in [-0.2, -0.15) is 13.2 Å². The average Bonchev–Trinajstić information content (AvgIpc) is 2.37. The molecule has 6 heteroatoms. The zero-order valence-corrected chi connectivity index (χ0v) is 11.8. The second-order valence-corrected chi connectivity index (χ2v) is 5.25. The number of nitrogens with one attached hydrogen (secondary N) is 1. The van der Waals surface area contributed by atoms with Crippen molar-refractivity contribution in [3.8, 4) is 0 Å². The molecule has 1 heterocycles. The molecule has 1 fully saturated rings. The summed E-state index contributed by atoms with van der Waals surface area (Å²) in [6.07, 6.45) is -2.60. The first-order chi connectivity index (χ1) is 8.95. The van der Waals surface area contributed by atoms with Gasteiger partial charge in [-0.1, -0.05) is 0 Å². The maximum absolute atomic E-state index is 12.5. The molecule has 0 radical (unpaired) electrons. The van der Waals surface area contributed by atoms with E-state index in [2.05, 4.69) is 17.1 Å². The van der Waals surface area contributed by atoms with Crippen molar-refractivity contribution in [2.45, 2.75) is 38.4 Å². The quantitative estimate of drug-likeness (QED) is 0.725. The topological polar surface area (TPSA) is 24.5 Å². The van der Waals surface area contributed by atoms with Gasteiger partial charge in [0.15, 0.2) is 0 Å². The van der Waals surface area contributed by atoms with Crippen molar-refractivity contribution in [2.24, 2.45) is 5.92 Å². The monoisotopic (exact) mass is 282 g/mol. The zero-order chi connectivity index (χ0) is 14.3. The Morgan fingerprint density at radius 2 is 1.95 bits per heavy atom. The fourth-order valence-electron chi connectivity index (χ4n) is 2.45. The average molecular weight is 282 g/mol. The summed E-state index contributed by atoms with van der Waals surface area (Å²) in [5.41, 5.74) is 0. The molecule has 0 amide bonds. The van der Waals surface area contributed by atoms with Crippen molar-refractivity contribution in [1.82, 2.24) is 10.2 Å². The molecule has 0 bridgehead atoms. The Balaban J connectivity index is 2.16. The van der Waals surface area contributed by atoms with Gasteiger partial charge in [-0.15, -0.1) is 0 Å². The minimum Gasteiger partial charge on any atom is -0.385 e. The molecule has 1 unspecified atom stereocenters. The summed E-state index contributed by atoms with van der Waals surface area (Å²) < 4.78 is 42.6. The number of hydrogen-bond donors (Lipinski definition) is 1. The maximum Gasteiger partial charge on any atom is 0.391 e. The first-order valence-corrected chi connectivity index (χ1v) is 6.95. The van der Waals surface area contributed by atoms with Crippen molar-refractivity contribution in [1.29, 1.82) is 0 Å². The van der Waals surface area contributed by atoms with Crippen molar-refractivity contribution < 1.29 is 17.9 Å². The van der Waals surface area contributed by atoms with Crippen LogP contribution in [0.25, 0.3) is 0 Å². The van der Waals surface area contributed by atoms with Gasteiger partial charge in [0, 0.05) is 26.3 Å². The van der Waals surface area contributed by atoms with Crippen molar-refractivity contribution in [2.75, 3.05) is 39.9 Å². The number of methoxy groups -OCH3 is 1. The lowest BCUT2D eigenvalue weighted by Crippen LogP contribution is -2.46. The lowest BCUT2D eigenvalue weighted by molar-refractivity contribution is -0.185. The summed E-state index contributed by atoms with van der Waals surface area (Å²) in [5.74, 6) is -1.11. The Hall–Kier alpha value is -0.330. The van der Waals surface area contributed by atoms with Crippen LogP contribution in [0.4, 0.5) is 13.2 Å². The van der Waals surface area contributed by atoms with Gasteiger partial charge in [-0.3, -0.25) is 4.90 Å². The summed E-state index contributed by atoms with van der Waals surface area (Å²) in [6, 6.07) is 0.289. The highest BCUT2D eigenvalue weighted by molar-refractivity contribution is 4.80. The first kappa shape index (κ1) is 16.7. The molecule has 0 aliphatic carbocycles. The van der Waals surface area contributed by atoms with Crippen molar-refractivity contribution in [3.63, 3.8) is 0 Å². The summed E-state index contributed by atoms with van der Waals surface area (Å²) in [6.45, 7) is 5.60. The smallest absolute Gasteiger partial charge is 0.385 e. The van der Waals surface area contributed by atoms with Gasteiger partial charge in [0.1, 0.15) is 0 Å². The molecule has 0 saturated carbocycles. The van der Waals surface area contributed by atoms with Crippen LogP contribution in [-0.4, -0.2) is 57.0 Å². The normalized spacial score (nSPS) is 20.7. The van der Waals surface area contributed by atoms with Gasteiger partial charge >= 0.3 is 6.18 Å². The third-order valence-corrected chi connectivity index (χ3v) is 3.76. The van der Waals surface area contributed by atoms with Gasteiger partial charge < -0.3 is 10.1 Å². The van der Waals surface area contributed by atoms with E-state index in [-0.39, 0.29) is 18.9 Å². The van der Waals surface area contributed by atoms with E-state index in [0.717, 1.165) is 26.1 Å². The number of hydrogen-bond acceptors (Lipinski definition) is 3. The van der Waals surface area contributed by atoms with E-state index in [4.69, 9.17) is 4.74 Å². The molecule has 1 aliphatic heterocycles. The predicted molar refractivity (Wildman–Crippen MR) is 69.2 cm³/mol. The van der Waals surface area contributed by atoms with Gasteiger partial charge in [0.2, 0.25) is 0 Å². The van der Waals surface area contributed by atoms with E-state index in [1.165, 1.54) is 0 Å². The first-order valence-electron chi connectivity index (χ1n) is 6.95. The molecule has 0 aromatic rings. The molecule has 0 aromatic heterocycles. The van der Waals surface area contributed by atoms with Gasteiger partial charge in [0.25, 0.3) is 0 Å². The van der Waals surface area contributed by atoms with Crippen molar-refractivity contribution >= 4 is 0 Å². The SMILES string of the molecule is COCCCNCC(C)N1CCC(C(F)(F)F)CC1. The second-order valence-electron chi connectivity index (χ2n) is 5.25.